The molecule has 0 spiro atoms. The monoisotopic (exact) mass is 498 g/mol. The van der Waals surface area contributed by atoms with Gasteiger partial charge < -0.3 is 16.0 Å². The zero-order chi connectivity index (χ0) is 27.2. The topological polar surface area (TPSA) is 66.7 Å². The summed E-state index contributed by atoms with van der Waals surface area (Å²) in [6.07, 6.45) is 18.1. The van der Waals surface area contributed by atoms with Gasteiger partial charge in [0.2, 0.25) is 0 Å². The maximum Gasteiger partial charge on any atom is 0.0574 e. The highest BCUT2D eigenvalue weighted by molar-refractivity contribution is 5.98. The van der Waals surface area contributed by atoms with Crippen LogP contribution in [-0.2, 0) is 12.8 Å². The van der Waals surface area contributed by atoms with Crippen LogP contribution in [-0.4, -0.2) is 9.97 Å². The Bertz CT molecular complexity index is 1590. The minimum atomic E-state index is 0.678. The Morgan fingerprint density at radius 3 is 2.61 bits per heavy atom. The van der Waals surface area contributed by atoms with Gasteiger partial charge in [-0.25, -0.2) is 0 Å². The Kier molecular flexibility index (Phi) is 7.99. The molecule has 0 radical (unpaired) electrons. The molecule has 4 heteroatoms. The summed E-state index contributed by atoms with van der Waals surface area (Å²) in [7, 11) is 0. The molecule has 38 heavy (non-hydrogen) atoms. The number of terminal acetylenes is 1. The second-order valence-electron chi connectivity index (χ2n) is 9.46. The largest absolute Gasteiger partial charge is 0.399 e. The number of anilines is 1. The van der Waals surface area contributed by atoms with Crippen LogP contribution in [0.1, 0.15) is 35.7 Å². The van der Waals surface area contributed by atoms with Crippen molar-refractivity contribution in [1.29, 1.82) is 0 Å². The molecule has 0 fully saturated rings. The molecule has 2 aromatic heterocycles. The van der Waals surface area contributed by atoms with Gasteiger partial charge in [-0.1, -0.05) is 55.6 Å². The number of aryl methyl sites for hydroxylation is 2. The van der Waals surface area contributed by atoms with E-state index in [4.69, 9.17) is 5.73 Å². The average Bonchev–Trinajstić information content (AvgIpc) is 3.27. The van der Waals surface area contributed by atoms with Crippen LogP contribution < -0.4 is 11.1 Å². The Morgan fingerprint density at radius 1 is 1.03 bits per heavy atom. The van der Waals surface area contributed by atoms with E-state index in [2.05, 4.69) is 103 Å². The molecule has 0 saturated heterocycles. The quantitative estimate of drug-likeness (QED) is 0.236. The second kappa shape index (κ2) is 11.5. The summed E-state index contributed by atoms with van der Waals surface area (Å²) in [6, 6.07) is 17.4. The van der Waals surface area contributed by atoms with Crippen molar-refractivity contribution in [3.05, 3.63) is 126 Å². The lowest BCUT2D eigenvalue weighted by Gasteiger charge is -2.13. The first-order chi connectivity index (χ1) is 18.4. The predicted octanol–water partition coefficient (Wildman–Crippen LogP) is 7.70. The molecule has 2 aromatic carbocycles. The molecule has 0 unspecified atom stereocenters. The number of hydrogen-bond acceptors (Lipinski definition) is 3. The zero-order valence-electron chi connectivity index (χ0n) is 22.1. The van der Waals surface area contributed by atoms with Crippen molar-refractivity contribution in [1.82, 2.24) is 9.97 Å². The Labute approximate surface area is 225 Å². The number of hydrogen-bond donors (Lipinski definition) is 3. The van der Waals surface area contributed by atoms with Gasteiger partial charge in [0.25, 0.3) is 0 Å². The fourth-order valence-electron chi connectivity index (χ4n) is 4.93. The van der Waals surface area contributed by atoms with Gasteiger partial charge in [0, 0.05) is 46.2 Å². The number of fused-ring (bicyclic) bond motifs is 6. The molecule has 5 rings (SSSR count). The molecular formula is C34H34N4. The van der Waals surface area contributed by atoms with E-state index in [1.54, 1.807) is 0 Å². The van der Waals surface area contributed by atoms with Crippen molar-refractivity contribution in [2.75, 3.05) is 5.32 Å². The predicted molar refractivity (Wildman–Crippen MR) is 162 cm³/mol. The first kappa shape index (κ1) is 26.3. The zero-order valence-corrected chi connectivity index (χ0v) is 22.1. The minimum absolute atomic E-state index is 0.678. The molecule has 0 aliphatic carbocycles. The van der Waals surface area contributed by atoms with Crippen LogP contribution >= 0.6 is 0 Å². The van der Waals surface area contributed by atoms with E-state index in [0.29, 0.717) is 6.42 Å². The third kappa shape index (κ3) is 5.48. The van der Waals surface area contributed by atoms with Crippen LogP contribution in [0.3, 0.4) is 0 Å². The number of aromatic nitrogens is 2. The highest BCUT2D eigenvalue weighted by atomic mass is 14.9. The molecule has 190 valence electrons. The Balaban J connectivity index is 0.00000164. The smallest absolute Gasteiger partial charge is 0.0574 e. The third-order valence-electron chi connectivity index (χ3n) is 6.96. The molecule has 0 atom stereocenters. The number of H-pyrrole nitrogens is 1. The molecule has 4 nitrogen and oxygen atoms in total. The summed E-state index contributed by atoms with van der Waals surface area (Å²) in [5.41, 5.74) is 19.2. The first-order valence-corrected chi connectivity index (χ1v) is 12.7. The molecule has 4 N–H and O–H groups in total. The number of pyridine rings is 1. The Morgan fingerprint density at radius 2 is 1.82 bits per heavy atom. The van der Waals surface area contributed by atoms with Crippen LogP contribution in [0.25, 0.3) is 27.6 Å². The van der Waals surface area contributed by atoms with Crippen molar-refractivity contribution in [2.45, 2.75) is 33.1 Å². The van der Waals surface area contributed by atoms with E-state index < -0.39 is 0 Å². The highest BCUT2D eigenvalue weighted by Crippen LogP contribution is 2.35. The SMILES string of the molecule is C#C.C=C1CCc2cccc(c2)-c2cccc3[nH]c(c(C)c23)CC(/C(N)=C\C)=C/C(=C)c2cncc(c2)N1. The van der Waals surface area contributed by atoms with E-state index in [1.165, 1.54) is 27.6 Å². The van der Waals surface area contributed by atoms with E-state index in [1.807, 2.05) is 25.4 Å². The third-order valence-corrected chi connectivity index (χ3v) is 6.96. The van der Waals surface area contributed by atoms with E-state index >= 15 is 0 Å². The molecule has 6 bridgehead atoms. The summed E-state index contributed by atoms with van der Waals surface area (Å²) >= 11 is 0. The number of nitrogens with zero attached hydrogens (tertiary/aromatic N) is 1. The lowest BCUT2D eigenvalue weighted by molar-refractivity contribution is 0.950. The summed E-state index contributed by atoms with van der Waals surface area (Å²) in [4.78, 5) is 8.11. The molecule has 3 heterocycles. The van der Waals surface area contributed by atoms with Gasteiger partial charge in [-0.3, -0.25) is 4.98 Å². The van der Waals surface area contributed by atoms with Crippen LogP contribution in [0, 0.1) is 19.8 Å². The van der Waals surface area contributed by atoms with Crippen molar-refractivity contribution < 1.29 is 0 Å². The number of rotatable bonds is 1. The van der Waals surface area contributed by atoms with Crippen molar-refractivity contribution in [3.63, 3.8) is 0 Å². The molecular weight excluding hydrogens is 464 g/mol. The maximum absolute atomic E-state index is 6.48. The summed E-state index contributed by atoms with van der Waals surface area (Å²) in [5.74, 6) is 0. The second-order valence-corrected chi connectivity index (χ2v) is 9.46. The number of allylic oxidation sites excluding steroid dienone is 5. The lowest BCUT2D eigenvalue weighted by atomic mass is 9.95. The summed E-state index contributed by atoms with van der Waals surface area (Å²) in [5, 5.41) is 4.68. The maximum atomic E-state index is 6.48. The van der Waals surface area contributed by atoms with Gasteiger partial charge in [-0.15, -0.1) is 12.8 Å². The normalized spacial score (nSPS) is 15.5. The Hall–Kier alpha value is -4.75. The minimum Gasteiger partial charge on any atom is -0.399 e. The van der Waals surface area contributed by atoms with Crippen LogP contribution in [0.15, 0.2) is 103 Å². The van der Waals surface area contributed by atoms with Crippen LogP contribution in [0.4, 0.5) is 5.69 Å². The van der Waals surface area contributed by atoms with Crippen LogP contribution in [0.5, 0.6) is 0 Å². The van der Waals surface area contributed by atoms with Crippen LogP contribution in [0.2, 0.25) is 0 Å². The van der Waals surface area contributed by atoms with Gasteiger partial charge in [0.05, 0.1) is 11.9 Å². The number of nitrogens with two attached hydrogens (primary N) is 1. The number of nitrogens with one attached hydrogen (secondary N) is 2. The van der Waals surface area contributed by atoms with Crippen molar-refractivity contribution >= 4 is 22.2 Å². The average molecular weight is 499 g/mol. The van der Waals surface area contributed by atoms with Gasteiger partial charge in [-0.05, 0) is 78.3 Å². The summed E-state index contributed by atoms with van der Waals surface area (Å²) in [6.45, 7) is 12.8. The first-order valence-electron chi connectivity index (χ1n) is 12.7. The standard InChI is InChI=1S/C32H32N4.C2H2/c1-5-29(33)25-14-20(2)26-16-27(19-34-18-26)35-21(3)12-13-23-8-6-9-24(15-23)28-10-7-11-30-32(28)22(4)31(17-25)36-30;1-2/h5-11,14-16,18-19,35-36H,2-3,12-13,17,33H2,1,4H3;1-2H/b25-14-,29-5+;. The summed E-state index contributed by atoms with van der Waals surface area (Å²) < 4.78 is 0. The fourth-order valence-corrected chi connectivity index (χ4v) is 4.93. The van der Waals surface area contributed by atoms with Crippen molar-refractivity contribution in [2.24, 2.45) is 5.73 Å². The molecule has 4 aromatic rings. The fraction of sp³-hybridized carbons (Fsp3) is 0.147. The van der Waals surface area contributed by atoms with Gasteiger partial charge >= 0.3 is 0 Å². The molecule has 0 saturated carbocycles. The van der Waals surface area contributed by atoms with Gasteiger partial charge in [-0.2, -0.15) is 0 Å². The van der Waals surface area contributed by atoms with E-state index in [9.17, 15) is 0 Å². The van der Waals surface area contributed by atoms with Gasteiger partial charge in [0.1, 0.15) is 0 Å². The molecule has 1 aliphatic heterocycles. The van der Waals surface area contributed by atoms with E-state index in [0.717, 1.165) is 57.8 Å². The lowest BCUT2D eigenvalue weighted by Crippen LogP contribution is -2.05. The van der Waals surface area contributed by atoms with Gasteiger partial charge in [0.15, 0.2) is 0 Å². The number of benzene rings is 2. The molecule has 0 amide bonds. The van der Waals surface area contributed by atoms with Crippen molar-refractivity contribution in [3.8, 4) is 24.0 Å². The number of aromatic amines is 1. The highest BCUT2D eigenvalue weighted by Gasteiger charge is 2.16. The van der Waals surface area contributed by atoms with E-state index in [-0.39, 0.29) is 0 Å². The molecule has 1 aliphatic rings.